The minimum Gasteiger partial charge on any atom is -0.122 e. The Morgan fingerprint density at radius 2 is 1.35 bits per heavy atom. The fraction of sp³-hybridized carbons (Fsp3) is 0.200. The van der Waals surface area contributed by atoms with Gasteiger partial charge in [0.2, 0.25) is 0 Å². The largest absolute Gasteiger partial charge is 0.122 e. The van der Waals surface area contributed by atoms with E-state index in [1.807, 2.05) is 30.3 Å². The lowest BCUT2D eigenvalue weighted by molar-refractivity contribution is 0.690. The molecule has 0 saturated heterocycles. The second-order valence-electron chi connectivity index (χ2n) is 6.91. The first-order valence-corrected chi connectivity index (χ1v) is 9.92. The highest BCUT2D eigenvalue weighted by Gasteiger charge is 2.13. The van der Waals surface area contributed by atoms with Crippen molar-refractivity contribution >= 4 is 33.1 Å². The van der Waals surface area contributed by atoms with Crippen LogP contribution < -0.4 is 0 Å². The number of fused-ring (bicyclic) bond motifs is 5. The second-order valence-corrected chi connectivity index (χ2v) is 7.18. The first-order chi connectivity index (χ1) is 12.9. The minimum atomic E-state index is 0.612. The van der Waals surface area contributed by atoms with Gasteiger partial charge in [0.1, 0.15) is 0 Å². The van der Waals surface area contributed by atoms with Gasteiger partial charge in [-0.15, -0.1) is 11.6 Å². The van der Waals surface area contributed by atoms with Gasteiger partial charge in [-0.3, -0.25) is 0 Å². The van der Waals surface area contributed by atoms with Crippen LogP contribution in [0, 0.1) is 0 Å². The molecule has 130 valence electrons. The Bertz CT molecular complexity index is 1020. The first kappa shape index (κ1) is 17.1. The molecule has 0 spiro atoms. The van der Waals surface area contributed by atoms with Gasteiger partial charge in [0, 0.05) is 5.88 Å². The van der Waals surface area contributed by atoms with E-state index in [4.69, 9.17) is 11.6 Å². The molecular formula is C25H23Cl. The molecule has 0 nitrogen and oxygen atoms in total. The van der Waals surface area contributed by atoms with Gasteiger partial charge in [-0.05, 0) is 63.9 Å². The molecular weight excluding hydrogens is 336 g/mol. The predicted octanol–water partition coefficient (Wildman–Crippen LogP) is 7.30. The average Bonchev–Trinajstić information content (AvgIpc) is 2.74. The number of benzene rings is 4. The van der Waals surface area contributed by atoms with E-state index in [2.05, 4.69) is 48.5 Å². The van der Waals surface area contributed by atoms with E-state index >= 15 is 0 Å². The van der Waals surface area contributed by atoms with E-state index in [0.29, 0.717) is 5.88 Å². The maximum absolute atomic E-state index is 5.53. The third kappa shape index (κ3) is 3.48. The zero-order valence-electron chi connectivity index (χ0n) is 14.9. The van der Waals surface area contributed by atoms with Crippen molar-refractivity contribution in [3.8, 4) is 0 Å². The molecule has 26 heavy (non-hydrogen) atoms. The molecule has 1 aliphatic carbocycles. The van der Waals surface area contributed by atoms with E-state index < -0.39 is 0 Å². The molecule has 0 radical (unpaired) electrons. The summed E-state index contributed by atoms with van der Waals surface area (Å²) in [6.45, 7) is 0. The first-order valence-electron chi connectivity index (χ1n) is 9.39. The van der Waals surface area contributed by atoms with Crippen molar-refractivity contribution in [2.24, 2.45) is 0 Å². The number of rotatable bonds is 1. The quantitative estimate of drug-likeness (QED) is 0.247. The summed E-state index contributed by atoms with van der Waals surface area (Å²) in [4.78, 5) is 0. The van der Waals surface area contributed by atoms with Gasteiger partial charge in [-0.1, -0.05) is 78.9 Å². The topological polar surface area (TPSA) is 0 Å². The highest BCUT2D eigenvalue weighted by atomic mass is 35.5. The molecule has 0 N–H and O–H groups in total. The summed E-state index contributed by atoms with van der Waals surface area (Å²) >= 11 is 5.53. The van der Waals surface area contributed by atoms with Crippen LogP contribution in [0.1, 0.15) is 29.5 Å². The molecule has 0 fully saturated rings. The van der Waals surface area contributed by atoms with Gasteiger partial charge in [0.15, 0.2) is 0 Å². The molecule has 0 heterocycles. The zero-order chi connectivity index (χ0) is 17.8. The predicted molar refractivity (Wildman–Crippen MR) is 114 cm³/mol. The van der Waals surface area contributed by atoms with Crippen molar-refractivity contribution in [2.45, 2.75) is 31.6 Å². The molecule has 4 aromatic carbocycles. The summed E-state index contributed by atoms with van der Waals surface area (Å²) in [5.74, 6) is 0.612. The van der Waals surface area contributed by atoms with E-state index in [0.717, 1.165) is 0 Å². The smallest absolute Gasteiger partial charge is 0.0474 e. The highest BCUT2D eigenvalue weighted by Crippen LogP contribution is 2.33. The van der Waals surface area contributed by atoms with E-state index in [1.54, 1.807) is 11.1 Å². The van der Waals surface area contributed by atoms with Crippen molar-refractivity contribution in [3.63, 3.8) is 0 Å². The molecule has 5 rings (SSSR count). The number of aryl methyl sites for hydroxylation is 2. The molecule has 1 heteroatoms. The summed E-state index contributed by atoms with van der Waals surface area (Å²) in [7, 11) is 0. The van der Waals surface area contributed by atoms with Crippen LogP contribution in [0.5, 0.6) is 0 Å². The summed E-state index contributed by atoms with van der Waals surface area (Å²) in [6, 6.07) is 27.9. The molecule has 1 aliphatic rings. The maximum atomic E-state index is 5.53. The number of halogens is 1. The lowest BCUT2D eigenvalue weighted by Gasteiger charge is -2.18. The van der Waals surface area contributed by atoms with Crippen LogP contribution in [-0.2, 0) is 18.7 Å². The summed E-state index contributed by atoms with van der Waals surface area (Å²) < 4.78 is 0. The van der Waals surface area contributed by atoms with Crippen molar-refractivity contribution in [1.29, 1.82) is 0 Å². The molecule has 0 aromatic heterocycles. The lowest BCUT2D eigenvalue weighted by Crippen LogP contribution is -2.02. The van der Waals surface area contributed by atoms with Gasteiger partial charge < -0.3 is 0 Å². The molecule has 0 atom stereocenters. The van der Waals surface area contributed by atoms with Crippen LogP contribution in [0.25, 0.3) is 21.5 Å². The summed E-state index contributed by atoms with van der Waals surface area (Å²) in [5, 5.41) is 5.64. The summed E-state index contributed by atoms with van der Waals surface area (Å²) in [6.07, 6.45) is 5.22. The molecule has 4 aromatic rings. The van der Waals surface area contributed by atoms with Crippen LogP contribution in [-0.4, -0.2) is 0 Å². The average molecular weight is 359 g/mol. The fourth-order valence-corrected chi connectivity index (χ4v) is 4.09. The van der Waals surface area contributed by atoms with E-state index in [-0.39, 0.29) is 0 Å². The third-order valence-corrected chi connectivity index (χ3v) is 5.56. The number of hydrogen-bond acceptors (Lipinski definition) is 0. The fourth-order valence-electron chi connectivity index (χ4n) is 3.91. The zero-order valence-corrected chi connectivity index (χ0v) is 15.7. The minimum absolute atomic E-state index is 0.612. The van der Waals surface area contributed by atoms with Crippen molar-refractivity contribution < 1.29 is 0 Å². The van der Waals surface area contributed by atoms with Gasteiger partial charge >= 0.3 is 0 Å². The van der Waals surface area contributed by atoms with Crippen LogP contribution in [0.3, 0.4) is 0 Å². The van der Waals surface area contributed by atoms with Crippen molar-refractivity contribution in [1.82, 2.24) is 0 Å². The Kier molecular flexibility index (Phi) is 5.22. The molecule has 0 bridgehead atoms. The van der Waals surface area contributed by atoms with Crippen LogP contribution in [0.2, 0.25) is 0 Å². The molecule has 0 amide bonds. The van der Waals surface area contributed by atoms with Gasteiger partial charge in [0.25, 0.3) is 0 Å². The standard InChI is InChI=1S/C18H16.C7H7Cl/c1-3-7-15-13(5-1)9-11-18-16-8-4-2-6-14(16)10-12-17(15)18;8-6-7-4-2-1-3-5-7/h1,3,5,7,9-12H,2,4,6,8H2;1-5H,6H2. The lowest BCUT2D eigenvalue weighted by atomic mass is 9.86. The highest BCUT2D eigenvalue weighted by molar-refractivity contribution is 6.17. The van der Waals surface area contributed by atoms with Gasteiger partial charge in [-0.25, -0.2) is 0 Å². The van der Waals surface area contributed by atoms with Gasteiger partial charge in [0.05, 0.1) is 0 Å². The normalized spacial score (nSPS) is 13.1. The summed E-state index contributed by atoms with van der Waals surface area (Å²) in [5.41, 5.74) is 4.35. The Morgan fingerprint density at radius 1 is 0.615 bits per heavy atom. The van der Waals surface area contributed by atoms with Crippen molar-refractivity contribution in [3.05, 3.63) is 95.6 Å². The van der Waals surface area contributed by atoms with Gasteiger partial charge in [-0.2, -0.15) is 0 Å². The van der Waals surface area contributed by atoms with Crippen molar-refractivity contribution in [2.75, 3.05) is 0 Å². The maximum Gasteiger partial charge on any atom is 0.0474 e. The van der Waals surface area contributed by atoms with Crippen LogP contribution in [0.4, 0.5) is 0 Å². The van der Waals surface area contributed by atoms with E-state index in [1.165, 1.54) is 52.8 Å². The SMILES string of the molecule is ClCc1ccccc1.c1ccc2c(c1)ccc1c3c(ccc12)CCCC3. The molecule has 0 saturated carbocycles. The monoisotopic (exact) mass is 358 g/mol. The van der Waals surface area contributed by atoms with E-state index in [9.17, 15) is 0 Å². The Morgan fingerprint density at radius 3 is 2.15 bits per heavy atom. The van der Waals surface area contributed by atoms with Crippen LogP contribution >= 0.6 is 11.6 Å². The third-order valence-electron chi connectivity index (χ3n) is 5.25. The molecule has 0 aliphatic heterocycles. The Labute approximate surface area is 160 Å². The Hall–Kier alpha value is -2.31. The molecule has 0 unspecified atom stereocenters. The number of alkyl halides is 1. The second kappa shape index (κ2) is 7.93. The Balaban J connectivity index is 0.000000178. The number of hydrogen-bond donors (Lipinski definition) is 0. The van der Waals surface area contributed by atoms with Crippen LogP contribution in [0.15, 0.2) is 78.9 Å².